The summed E-state index contributed by atoms with van der Waals surface area (Å²) in [5, 5.41) is 6.36. The summed E-state index contributed by atoms with van der Waals surface area (Å²) >= 11 is 6.24. The molecule has 2 atom stereocenters. The highest BCUT2D eigenvalue weighted by Crippen LogP contribution is 2.26. The fraction of sp³-hybridized carbons (Fsp3) is 0.300. The van der Waals surface area contributed by atoms with Crippen LogP contribution in [-0.2, 0) is 4.79 Å². The smallest absolute Gasteiger partial charge is 0.318 e. The fourth-order valence-electron chi connectivity index (χ4n) is 2.66. The highest BCUT2D eigenvalue weighted by molar-refractivity contribution is 6.31. The molecule has 0 fully saturated rings. The van der Waals surface area contributed by atoms with Crippen LogP contribution in [0.4, 0.5) is 10.5 Å². The molecule has 6 heteroatoms. The van der Waals surface area contributed by atoms with Gasteiger partial charge in [0.15, 0.2) is 0 Å². The van der Waals surface area contributed by atoms with E-state index in [1.165, 1.54) is 6.92 Å². The molecule has 0 aliphatic rings. The van der Waals surface area contributed by atoms with Crippen LogP contribution in [0.15, 0.2) is 48.5 Å². The Bertz CT molecular complexity index is 794. The maximum atomic E-state index is 12.6. The van der Waals surface area contributed by atoms with Gasteiger partial charge >= 0.3 is 6.03 Å². The fourth-order valence-corrected chi connectivity index (χ4v) is 2.95. The van der Waals surface area contributed by atoms with Gasteiger partial charge in [-0.3, -0.25) is 4.79 Å². The van der Waals surface area contributed by atoms with E-state index in [9.17, 15) is 9.59 Å². The van der Waals surface area contributed by atoms with E-state index < -0.39 is 0 Å². The minimum Gasteiger partial charge on any atom is -0.331 e. The van der Waals surface area contributed by atoms with Gasteiger partial charge in [0.25, 0.3) is 0 Å². The van der Waals surface area contributed by atoms with E-state index in [4.69, 9.17) is 11.6 Å². The van der Waals surface area contributed by atoms with Gasteiger partial charge in [0.2, 0.25) is 5.91 Å². The van der Waals surface area contributed by atoms with E-state index in [1.807, 2.05) is 62.4 Å². The van der Waals surface area contributed by atoms with Crippen molar-refractivity contribution in [3.63, 3.8) is 0 Å². The van der Waals surface area contributed by atoms with Crippen molar-refractivity contribution in [3.8, 4) is 0 Å². The van der Waals surface area contributed by atoms with Crippen LogP contribution < -0.4 is 10.6 Å². The van der Waals surface area contributed by atoms with Crippen molar-refractivity contribution in [1.82, 2.24) is 10.2 Å². The van der Waals surface area contributed by atoms with E-state index in [0.29, 0.717) is 10.7 Å². The average molecular weight is 374 g/mol. The molecular formula is C20H24ClN3O2. The number of anilines is 1. The summed E-state index contributed by atoms with van der Waals surface area (Å²) in [4.78, 5) is 25.4. The summed E-state index contributed by atoms with van der Waals surface area (Å²) in [6.07, 6.45) is 0. The molecule has 0 aliphatic heterocycles. The normalized spacial score (nSPS) is 12.8. The second-order valence-corrected chi connectivity index (χ2v) is 6.69. The first-order valence-corrected chi connectivity index (χ1v) is 8.82. The van der Waals surface area contributed by atoms with Crippen LogP contribution in [0.5, 0.6) is 0 Å². The Morgan fingerprint density at radius 3 is 2.42 bits per heavy atom. The molecule has 0 radical (unpaired) electrons. The lowest BCUT2D eigenvalue weighted by atomic mass is 10.1. The summed E-state index contributed by atoms with van der Waals surface area (Å²) in [6, 6.07) is 14.3. The molecule has 26 heavy (non-hydrogen) atoms. The van der Waals surface area contributed by atoms with Gasteiger partial charge < -0.3 is 15.5 Å². The first kappa shape index (κ1) is 19.8. The lowest BCUT2D eigenvalue weighted by molar-refractivity contribution is -0.114. The van der Waals surface area contributed by atoms with Gasteiger partial charge in [0.05, 0.1) is 12.1 Å². The molecule has 138 valence electrons. The minimum atomic E-state index is -0.211. The van der Waals surface area contributed by atoms with Gasteiger partial charge in [-0.1, -0.05) is 41.9 Å². The average Bonchev–Trinajstić information content (AvgIpc) is 2.60. The van der Waals surface area contributed by atoms with Crippen LogP contribution in [0.1, 0.15) is 44.0 Å². The number of hydrogen-bond donors (Lipinski definition) is 2. The maximum Gasteiger partial charge on any atom is 0.318 e. The Balaban J connectivity index is 2.06. The molecule has 2 N–H and O–H groups in total. The number of benzene rings is 2. The second-order valence-electron chi connectivity index (χ2n) is 6.29. The Morgan fingerprint density at radius 2 is 1.77 bits per heavy atom. The third kappa shape index (κ3) is 4.99. The summed E-state index contributed by atoms with van der Waals surface area (Å²) in [5.74, 6) is -0.132. The van der Waals surface area contributed by atoms with Crippen LogP contribution in [0.2, 0.25) is 5.02 Å². The first-order valence-electron chi connectivity index (χ1n) is 8.45. The van der Waals surface area contributed by atoms with Crippen molar-refractivity contribution in [2.45, 2.75) is 32.9 Å². The molecule has 0 bridgehead atoms. The number of rotatable bonds is 5. The quantitative estimate of drug-likeness (QED) is 0.793. The molecular weight excluding hydrogens is 350 g/mol. The Hall–Kier alpha value is -2.53. The number of urea groups is 1. The zero-order valence-electron chi connectivity index (χ0n) is 15.4. The molecule has 3 amide bonds. The summed E-state index contributed by atoms with van der Waals surface area (Å²) in [6.45, 7) is 5.30. The van der Waals surface area contributed by atoms with Crippen molar-refractivity contribution in [1.29, 1.82) is 0 Å². The van der Waals surface area contributed by atoms with Gasteiger partial charge in [-0.2, -0.15) is 0 Å². The number of halogens is 1. The maximum absolute atomic E-state index is 12.6. The van der Waals surface area contributed by atoms with Crippen molar-refractivity contribution in [3.05, 3.63) is 64.7 Å². The Labute approximate surface area is 159 Å². The highest BCUT2D eigenvalue weighted by Gasteiger charge is 2.21. The largest absolute Gasteiger partial charge is 0.331 e. The van der Waals surface area contributed by atoms with Gasteiger partial charge in [-0.25, -0.2) is 4.79 Å². The summed E-state index contributed by atoms with van der Waals surface area (Å²) in [5.41, 5.74) is 2.50. The Morgan fingerprint density at radius 1 is 1.08 bits per heavy atom. The second kappa shape index (κ2) is 8.72. The highest BCUT2D eigenvalue weighted by atomic mass is 35.5. The molecule has 0 aliphatic carbocycles. The number of carbonyl (C=O) groups is 2. The predicted molar refractivity (Wildman–Crippen MR) is 105 cm³/mol. The molecule has 2 rings (SSSR count). The predicted octanol–water partition coefficient (Wildman–Crippen LogP) is 4.76. The monoisotopic (exact) mass is 373 g/mol. The molecule has 5 nitrogen and oxygen atoms in total. The third-order valence-corrected chi connectivity index (χ3v) is 4.65. The van der Waals surface area contributed by atoms with Crippen LogP contribution in [0.3, 0.4) is 0 Å². The van der Waals surface area contributed by atoms with Crippen molar-refractivity contribution >= 4 is 29.2 Å². The number of nitrogens with one attached hydrogen (secondary N) is 2. The third-order valence-electron chi connectivity index (χ3n) is 4.30. The van der Waals surface area contributed by atoms with E-state index in [-0.39, 0.29) is 24.0 Å². The molecule has 0 aromatic heterocycles. The van der Waals surface area contributed by atoms with Crippen LogP contribution in [0.25, 0.3) is 0 Å². The molecule has 0 spiro atoms. The minimum absolute atomic E-state index is 0.132. The summed E-state index contributed by atoms with van der Waals surface area (Å²) < 4.78 is 0. The van der Waals surface area contributed by atoms with Crippen LogP contribution in [0, 0.1) is 0 Å². The Kier molecular flexibility index (Phi) is 6.64. The van der Waals surface area contributed by atoms with E-state index in [0.717, 1.165) is 11.1 Å². The molecule has 0 unspecified atom stereocenters. The molecule has 0 saturated heterocycles. The standard InChI is InChI=1S/C20H24ClN3O2/c1-13(16-8-7-9-17(12-16)23-15(3)25)22-20(26)24(4)14(2)18-10-5-6-11-19(18)21/h5-14H,1-4H3,(H,22,26)(H,23,25)/t13-,14-/m0/s1. The number of amides is 3. The number of nitrogens with zero attached hydrogens (tertiary/aromatic N) is 1. The summed E-state index contributed by atoms with van der Waals surface area (Å²) in [7, 11) is 1.74. The topological polar surface area (TPSA) is 61.4 Å². The van der Waals surface area contributed by atoms with Crippen molar-refractivity contribution < 1.29 is 9.59 Å². The molecule has 2 aromatic rings. The van der Waals surface area contributed by atoms with E-state index in [2.05, 4.69) is 10.6 Å². The van der Waals surface area contributed by atoms with Gasteiger partial charge in [0.1, 0.15) is 0 Å². The van der Waals surface area contributed by atoms with Crippen LogP contribution >= 0.6 is 11.6 Å². The van der Waals surface area contributed by atoms with Gasteiger partial charge in [0, 0.05) is 24.7 Å². The van der Waals surface area contributed by atoms with Gasteiger partial charge in [-0.05, 0) is 43.2 Å². The van der Waals surface area contributed by atoms with Crippen molar-refractivity contribution in [2.75, 3.05) is 12.4 Å². The lowest BCUT2D eigenvalue weighted by Crippen LogP contribution is -2.40. The number of hydrogen-bond acceptors (Lipinski definition) is 2. The van der Waals surface area contributed by atoms with E-state index >= 15 is 0 Å². The zero-order valence-corrected chi connectivity index (χ0v) is 16.2. The molecule has 0 heterocycles. The number of carbonyl (C=O) groups excluding carboxylic acids is 2. The van der Waals surface area contributed by atoms with Crippen LogP contribution in [-0.4, -0.2) is 23.9 Å². The zero-order chi connectivity index (χ0) is 19.3. The lowest BCUT2D eigenvalue weighted by Gasteiger charge is -2.28. The SMILES string of the molecule is CC(=O)Nc1cccc([C@H](C)NC(=O)N(C)[C@@H](C)c2ccccc2Cl)c1. The first-order chi connectivity index (χ1) is 12.3. The van der Waals surface area contributed by atoms with Crippen molar-refractivity contribution in [2.24, 2.45) is 0 Å². The van der Waals surface area contributed by atoms with E-state index in [1.54, 1.807) is 11.9 Å². The molecule has 2 aromatic carbocycles. The van der Waals surface area contributed by atoms with Gasteiger partial charge in [-0.15, -0.1) is 0 Å². The molecule has 0 saturated carbocycles.